The molecular weight excluding hydrogens is 172 g/mol. The van der Waals surface area contributed by atoms with Crippen molar-refractivity contribution < 1.29 is 8.78 Å². The lowest BCUT2D eigenvalue weighted by Crippen LogP contribution is -2.43. The Morgan fingerprint density at radius 2 is 2.15 bits per heavy atom. The van der Waals surface area contributed by atoms with Crippen LogP contribution in [0.25, 0.3) is 0 Å². The second kappa shape index (κ2) is 3.19. The van der Waals surface area contributed by atoms with Crippen molar-refractivity contribution in [2.45, 2.75) is 38.0 Å². The molecule has 3 heteroatoms. The predicted octanol–water partition coefficient (Wildman–Crippen LogP) is 2.17. The van der Waals surface area contributed by atoms with Crippen LogP contribution in [0.5, 0.6) is 0 Å². The van der Waals surface area contributed by atoms with Crippen molar-refractivity contribution in [2.75, 3.05) is 19.6 Å². The van der Waals surface area contributed by atoms with Gasteiger partial charge in [0.05, 0.1) is 0 Å². The molecule has 2 atom stereocenters. The lowest BCUT2D eigenvalue weighted by molar-refractivity contribution is 0.0694. The third-order valence-electron chi connectivity index (χ3n) is 3.25. The molecule has 1 nitrogen and oxygen atoms in total. The first-order valence-corrected chi connectivity index (χ1v) is 5.14. The third kappa shape index (κ3) is 2.19. The van der Waals surface area contributed by atoms with Gasteiger partial charge in [0.25, 0.3) is 0 Å². The van der Waals surface area contributed by atoms with E-state index in [4.69, 9.17) is 0 Å². The van der Waals surface area contributed by atoms with Gasteiger partial charge in [-0.1, -0.05) is 6.92 Å². The Morgan fingerprint density at radius 3 is 2.69 bits per heavy atom. The normalized spacial score (nSPS) is 39.0. The highest BCUT2D eigenvalue weighted by molar-refractivity contribution is 4.97. The highest BCUT2D eigenvalue weighted by Crippen LogP contribution is 2.41. The number of rotatable bonds is 2. The molecule has 1 aliphatic carbocycles. The number of alkyl halides is 2. The van der Waals surface area contributed by atoms with E-state index < -0.39 is 11.8 Å². The lowest BCUT2D eigenvalue weighted by Gasteiger charge is -2.33. The summed E-state index contributed by atoms with van der Waals surface area (Å²) in [6, 6.07) is 0. The maximum atomic E-state index is 13.3. The topological polar surface area (TPSA) is 3.24 Å². The van der Waals surface area contributed by atoms with Crippen LogP contribution >= 0.6 is 0 Å². The smallest absolute Gasteiger partial charge is 0.123 e. The Balaban J connectivity index is 1.81. The first-order valence-electron chi connectivity index (χ1n) is 5.14. The van der Waals surface area contributed by atoms with E-state index >= 15 is 0 Å². The van der Waals surface area contributed by atoms with Crippen LogP contribution in [0.1, 0.15) is 26.2 Å². The van der Waals surface area contributed by atoms with Crippen molar-refractivity contribution in [1.82, 2.24) is 4.90 Å². The standard InChI is InChI=1S/C10H17F2N/c1-8-2-5-13(6-9(8)11)7-10(12)3-4-10/h8-9H,2-7H2,1H3. The van der Waals surface area contributed by atoms with Crippen molar-refractivity contribution in [3.63, 3.8) is 0 Å². The monoisotopic (exact) mass is 189 g/mol. The second-order valence-corrected chi connectivity index (χ2v) is 4.67. The maximum absolute atomic E-state index is 13.3. The van der Waals surface area contributed by atoms with Crippen LogP contribution in [0.3, 0.4) is 0 Å². The van der Waals surface area contributed by atoms with Gasteiger partial charge in [0.15, 0.2) is 0 Å². The molecule has 2 rings (SSSR count). The average molecular weight is 189 g/mol. The van der Waals surface area contributed by atoms with Crippen LogP contribution in [-0.2, 0) is 0 Å². The molecule has 1 heterocycles. The second-order valence-electron chi connectivity index (χ2n) is 4.67. The van der Waals surface area contributed by atoms with Crippen molar-refractivity contribution in [2.24, 2.45) is 5.92 Å². The van der Waals surface area contributed by atoms with Crippen LogP contribution < -0.4 is 0 Å². The minimum atomic E-state index is -0.958. The van der Waals surface area contributed by atoms with Crippen LogP contribution in [0, 0.1) is 5.92 Å². The van der Waals surface area contributed by atoms with Gasteiger partial charge >= 0.3 is 0 Å². The Morgan fingerprint density at radius 1 is 1.46 bits per heavy atom. The van der Waals surface area contributed by atoms with Gasteiger partial charge in [0.2, 0.25) is 0 Å². The van der Waals surface area contributed by atoms with E-state index in [0.29, 0.717) is 25.9 Å². The zero-order chi connectivity index (χ0) is 9.47. The van der Waals surface area contributed by atoms with Gasteiger partial charge in [0, 0.05) is 13.1 Å². The Hall–Kier alpha value is -0.180. The average Bonchev–Trinajstić information content (AvgIpc) is 2.76. The molecule has 2 fully saturated rings. The third-order valence-corrected chi connectivity index (χ3v) is 3.25. The summed E-state index contributed by atoms with van der Waals surface area (Å²) in [6.45, 7) is 3.70. The molecule has 1 aliphatic heterocycles. The molecule has 0 aromatic heterocycles. The fourth-order valence-corrected chi connectivity index (χ4v) is 1.92. The van der Waals surface area contributed by atoms with E-state index in [9.17, 15) is 8.78 Å². The maximum Gasteiger partial charge on any atom is 0.123 e. The molecule has 0 spiro atoms. The SMILES string of the molecule is CC1CCN(CC2(F)CC2)CC1F. The van der Waals surface area contributed by atoms with Crippen LogP contribution in [-0.4, -0.2) is 36.4 Å². The van der Waals surface area contributed by atoms with Gasteiger partial charge in [-0.15, -0.1) is 0 Å². The Bertz CT molecular complexity index is 191. The minimum absolute atomic E-state index is 0.158. The molecule has 1 saturated heterocycles. The van der Waals surface area contributed by atoms with E-state index in [0.717, 1.165) is 13.0 Å². The summed E-state index contributed by atoms with van der Waals surface area (Å²) in [7, 11) is 0. The molecule has 0 amide bonds. The van der Waals surface area contributed by atoms with Crippen LogP contribution in [0.15, 0.2) is 0 Å². The van der Waals surface area contributed by atoms with Crippen LogP contribution in [0.4, 0.5) is 8.78 Å². The number of hydrogen-bond donors (Lipinski definition) is 0. The Labute approximate surface area is 78.1 Å². The summed E-state index contributed by atoms with van der Waals surface area (Å²) < 4.78 is 26.6. The van der Waals surface area contributed by atoms with Crippen LogP contribution in [0.2, 0.25) is 0 Å². The fraction of sp³-hybridized carbons (Fsp3) is 1.00. The van der Waals surface area contributed by atoms with Gasteiger partial charge in [0.1, 0.15) is 11.8 Å². The molecule has 2 unspecified atom stereocenters. The molecule has 0 bridgehead atoms. The molecule has 0 aromatic carbocycles. The van der Waals surface area contributed by atoms with Gasteiger partial charge in [-0.2, -0.15) is 0 Å². The number of piperidine rings is 1. The Kier molecular flexibility index (Phi) is 2.30. The zero-order valence-electron chi connectivity index (χ0n) is 8.10. The molecule has 0 N–H and O–H groups in total. The first kappa shape index (κ1) is 9.38. The van der Waals surface area contributed by atoms with Gasteiger partial charge in [-0.3, -0.25) is 4.90 Å². The van der Waals surface area contributed by atoms with Crippen molar-refractivity contribution in [1.29, 1.82) is 0 Å². The highest BCUT2D eigenvalue weighted by atomic mass is 19.1. The molecular formula is C10H17F2N. The summed E-state index contributed by atoms with van der Waals surface area (Å²) >= 11 is 0. The summed E-state index contributed by atoms with van der Waals surface area (Å²) in [6.07, 6.45) is 1.47. The quantitative estimate of drug-likeness (QED) is 0.643. The van der Waals surface area contributed by atoms with Crippen molar-refractivity contribution >= 4 is 0 Å². The van der Waals surface area contributed by atoms with E-state index in [2.05, 4.69) is 0 Å². The summed E-state index contributed by atoms with van der Waals surface area (Å²) in [5, 5.41) is 0. The molecule has 0 aromatic rings. The number of hydrogen-bond acceptors (Lipinski definition) is 1. The first-order chi connectivity index (χ1) is 6.09. The van der Waals surface area contributed by atoms with Gasteiger partial charge in [-0.25, -0.2) is 8.78 Å². The molecule has 2 aliphatic rings. The van der Waals surface area contributed by atoms with Gasteiger partial charge in [-0.05, 0) is 31.7 Å². The predicted molar refractivity (Wildman–Crippen MR) is 48.2 cm³/mol. The number of likely N-dealkylation sites (tertiary alicyclic amines) is 1. The summed E-state index contributed by atoms with van der Waals surface area (Å²) in [4.78, 5) is 1.94. The molecule has 13 heavy (non-hydrogen) atoms. The van der Waals surface area contributed by atoms with E-state index in [-0.39, 0.29) is 5.92 Å². The molecule has 1 saturated carbocycles. The fourth-order valence-electron chi connectivity index (χ4n) is 1.92. The largest absolute Gasteiger partial charge is 0.297 e. The van der Waals surface area contributed by atoms with Crippen molar-refractivity contribution in [3.05, 3.63) is 0 Å². The molecule has 0 radical (unpaired) electrons. The van der Waals surface area contributed by atoms with E-state index in [1.54, 1.807) is 0 Å². The lowest BCUT2D eigenvalue weighted by atomic mass is 9.97. The van der Waals surface area contributed by atoms with E-state index in [1.165, 1.54) is 0 Å². The summed E-state index contributed by atoms with van der Waals surface area (Å²) in [5.41, 5.74) is -0.958. The number of nitrogens with zero attached hydrogens (tertiary/aromatic N) is 1. The highest BCUT2D eigenvalue weighted by Gasteiger charge is 2.45. The summed E-state index contributed by atoms with van der Waals surface area (Å²) in [5.74, 6) is 0.158. The minimum Gasteiger partial charge on any atom is -0.297 e. The number of halogens is 2. The molecule has 76 valence electrons. The zero-order valence-corrected chi connectivity index (χ0v) is 8.10. The van der Waals surface area contributed by atoms with E-state index in [1.807, 2.05) is 11.8 Å². The van der Waals surface area contributed by atoms with Crippen molar-refractivity contribution in [3.8, 4) is 0 Å². The van der Waals surface area contributed by atoms with Gasteiger partial charge < -0.3 is 0 Å².